The van der Waals surface area contributed by atoms with Crippen LogP contribution in [-0.2, 0) is 6.42 Å². The van der Waals surface area contributed by atoms with Crippen LogP contribution in [0.25, 0.3) is 17.2 Å². The lowest BCUT2D eigenvalue weighted by Crippen LogP contribution is -2.28. The summed E-state index contributed by atoms with van der Waals surface area (Å²) in [6.45, 7) is 7.18. The predicted octanol–water partition coefficient (Wildman–Crippen LogP) is 7.99. The van der Waals surface area contributed by atoms with Crippen LogP contribution in [0.15, 0.2) is 73.3 Å². The van der Waals surface area contributed by atoms with Gasteiger partial charge in [-0.15, -0.1) is 0 Å². The van der Waals surface area contributed by atoms with Crippen molar-refractivity contribution in [1.29, 1.82) is 0 Å². The van der Waals surface area contributed by atoms with Crippen LogP contribution in [-0.4, -0.2) is 6.54 Å². The monoisotopic (exact) mass is 407 g/mol. The molecular formula is C30H33N. The van der Waals surface area contributed by atoms with Crippen LogP contribution in [0.4, 0.5) is 5.69 Å². The summed E-state index contributed by atoms with van der Waals surface area (Å²) in [6, 6.07) is 25.5. The molecule has 1 heterocycles. The third-order valence-corrected chi connectivity index (χ3v) is 7.40. The number of nitrogens with zero attached hydrogens (tertiary/aromatic N) is 1. The van der Waals surface area contributed by atoms with Crippen LogP contribution in [0.3, 0.4) is 0 Å². The van der Waals surface area contributed by atoms with Crippen molar-refractivity contribution in [3.63, 3.8) is 0 Å². The SMILES string of the molecule is C=Cc1ccc(C(CCC2CCC2)N2CCc3cc(-c4ccc(C)cc4)ccc32)cc1. The second kappa shape index (κ2) is 8.75. The zero-order valence-electron chi connectivity index (χ0n) is 18.7. The summed E-state index contributed by atoms with van der Waals surface area (Å²) in [4.78, 5) is 2.68. The summed E-state index contributed by atoms with van der Waals surface area (Å²) >= 11 is 0. The maximum absolute atomic E-state index is 3.92. The fourth-order valence-corrected chi connectivity index (χ4v) is 5.21. The van der Waals surface area contributed by atoms with Crippen LogP contribution in [0.5, 0.6) is 0 Å². The highest BCUT2D eigenvalue weighted by Gasteiger charge is 2.29. The minimum absolute atomic E-state index is 0.464. The maximum atomic E-state index is 3.92. The highest BCUT2D eigenvalue weighted by molar-refractivity contribution is 5.71. The molecule has 1 aliphatic carbocycles. The molecule has 1 heteroatoms. The Balaban J connectivity index is 1.43. The molecule has 1 nitrogen and oxygen atoms in total. The van der Waals surface area contributed by atoms with Crippen LogP contribution < -0.4 is 4.90 Å². The zero-order valence-corrected chi connectivity index (χ0v) is 18.7. The van der Waals surface area contributed by atoms with Gasteiger partial charge in [0.05, 0.1) is 6.04 Å². The molecule has 1 atom stereocenters. The van der Waals surface area contributed by atoms with E-state index >= 15 is 0 Å². The van der Waals surface area contributed by atoms with E-state index in [-0.39, 0.29) is 0 Å². The largest absolute Gasteiger partial charge is 0.364 e. The molecule has 31 heavy (non-hydrogen) atoms. The summed E-state index contributed by atoms with van der Waals surface area (Å²) in [6.07, 6.45) is 9.96. The van der Waals surface area contributed by atoms with Crippen molar-refractivity contribution in [1.82, 2.24) is 0 Å². The molecule has 1 fully saturated rings. The number of aryl methyl sites for hydroxylation is 1. The van der Waals surface area contributed by atoms with Crippen molar-refractivity contribution in [2.45, 2.75) is 51.5 Å². The van der Waals surface area contributed by atoms with Crippen LogP contribution >= 0.6 is 0 Å². The standard InChI is InChI=1S/C30H33N/c1-3-23-9-14-26(15-10-23)29(17-11-24-5-4-6-24)31-20-19-28-21-27(16-18-30(28)31)25-12-7-22(2)8-13-25/h3,7-10,12-16,18,21,24,29H,1,4-6,11,17,19-20H2,2H3. The van der Waals surface area contributed by atoms with Crippen LogP contribution in [0, 0.1) is 12.8 Å². The minimum Gasteiger partial charge on any atom is -0.364 e. The Morgan fingerprint density at radius 3 is 2.39 bits per heavy atom. The summed E-state index contributed by atoms with van der Waals surface area (Å²) in [5.74, 6) is 0.945. The third kappa shape index (κ3) is 4.19. The molecule has 3 aromatic carbocycles. The third-order valence-electron chi connectivity index (χ3n) is 7.40. The lowest BCUT2D eigenvalue weighted by Gasteiger charge is -2.34. The van der Waals surface area contributed by atoms with E-state index in [4.69, 9.17) is 0 Å². The van der Waals surface area contributed by atoms with Crippen molar-refractivity contribution in [3.8, 4) is 11.1 Å². The van der Waals surface area contributed by atoms with Gasteiger partial charge in [0.25, 0.3) is 0 Å². The van der Waals surface area contributed by atoms with E-state index in [1.165, 1.54) is 71.2 Å². The Kier molecular flexibility index (Phi) is 5.68. The molecule has 2 aliphatic rings. The normalized spacial score (nSPS) is 16.6. The average Bonchev–Trinajstić information content (AvgIpc) is 3.19. The molecule has 0 spiro atoms. The minimum atomic E-state index is 0.464. The van der Waals surface area contributed by atoms with E-state index in [2.05, 4.69) is 85.1 Å². The molecule has 0 radical (unpaired) electrons. The summed E-state index contributed by atoms with van der Waals surface area (Å²) in [5, 5.41) is 0. The molecule has 0 aromatic heterocycles. The number of anilines is 1. The summed E-state index contributed by atoms with van der Waals surface area (Å²) in [7, 11) is 0. The topological polar surface area (TPSA) is 3.24 Å². The second-order valence-electron chi connectivity index (χ2n) is 9.41. The number of hydrogen-bond donors (Lipinski definition) is 0. The molecule has 0 saturated heterocycles. The van der Waals surface area contributed by atoms with Crippen molar-refractivity contribution in [3.05, 3.63) is 95.6 Å². The molecule has 1 saturated carbocycles. The van der Waals surface area contributed by atoms with Gasteiger partial charge in [-0.25, -0.2) is 0 Å². The van der Waals surface area contributed by atoms with E-state index in [0.717, 1.165) is 18.9 Å². The van der Waals surface area contributed by atoms with Crippen molar-refractivity contribution in [2.24, 2.45) is 5.92 Å². The van der Waals surface area contributed by atoms with Crippen molar-refractivity contribution in [2.75, 3.05) is 11.4 Å². The van der Waals surface area contributed by atoms with Gasteiger partial charge < -0.3 is 4.90 Å². The predicted molar refractivity (Wildman–Crippen MR) is 134 cm³/mol. The molecule has 3 aromatic rings. The van der Waals surface area contributed by atoms with Gasteiger partial charge in [-0.3, -0.25) is 0 Å². The van der Waals surface area contributed by atoms with Gasteiger partial charge in [0.1, 0.15) is 0 Å². The zero-order chi connectivity index (χ0) is 21.2. The smallest absolute Gasteiger partial charge is 0.0542 e. The number of hydrogen-bond acceptors (Lipinski definition) is 1. The Labute approximate surface area is 187 Å². The first kappa shape index (κ1) is 20.1. The number of fused-ring (bicyclic) bond motifs is 1. The van der Waals surface area contributed by atoms with E-state index in [1.54, 1.807) is 0 Å². The molecule has 158 valence electrons. The Hall–Kier alpha value is -2.80. The highest BCUT2D eigenvalue weighted by Crippen LogP contribution is 2.41. The van der Waals surface area contributed by atoms with Crippen molar-refractivity contribution >= 4 is 11.8 Å². The highest BCUT2D eigenvalue weighted by atomic mass is 15.2. The number of benzene rings is 3. The van der Waals surface area contributed by atoms with E-state index in [1.807, 2.05) is 6.08 Å². The van der Waals surface area contributed by atoms with E-state index in [9.17, 15) is 0 Å². The molecule has 5 rings (SSSR count). The van der Waals surface area contributed by atoms with Gasteiger partial charge >= 0.3 is 0 Å². The van der Waals surface area contributed by atoms with Gasteiger partial charge in [0.15, 0.2) is 0 Å². The summed E-state index contributed by atoms with van der Waals surface area (Å²) < 4.78 is 0. The van der Waals surface area contributed by atoms with Gasteiger partial charge in [-0.1, -0.05) is 92.1 Å². The maximum Gasteiger partial charge on any atom is 0.0542 e. The van der Waals surface area contributed by atoms with E-state index < -0.39 is 0 Å². The fourth-order valence-electron chi connectivity index (χ4n) is 5.21. The van der Waals surface area contributed by atoms with Crippen molar-refractivity contribution < 1.29 is 0 Å². The molecule has 0 bridgehead atoms. The molecule has 0 N–H and O–H groups in total. The molecule has 0 amide bonds. The van der Waals surface area contributed by atoms with Gasteiger partial charge in [0.2, 0.25) is 0 Å². The lowest BCUT2D eigenvalue weighted by atomic mass is 9.80. The Morgan fingerprint density at radius 1 is 0.968 bits per heavy atom. The van der Waals surface area contributed by atoms with Gasteiger partial charge in [-0.2, -0.15) is 0 Å². The van der Waals surface area contributed by atoms with Crippen LogP contribution in [0.1, 0.15) is 60.4 Å². The second-order valence-corrected chi connectivity index (χ2v) is 9.41. The molecule has 1 unspecified atom stereocenters. The van der Waals surface area contributed by atoms with E-state index in [0.29, 0.717) is 6.04 Å². The lowest BCUT2D eigenvalue weighted by molar-refractivity contribution is 0.281. The van der Waals surface area contributed by atoms with Gasteiger partial charge in [0, 0.05) is 12.2 Å². The number of rotatable bonds is 7. The summed E-state index contributed by atoms with van der Waals surface area (Å²) in [5.41, 5.74) is 9.53. The fraction of sp³-hybridized carbons (Fsp3) is 0.333. The quantitative estimate of drug-likeness (QED) is 0.383. The van der Waals surface area contributed by atoms with Gasteiger partial charge in [-0.05, 0) is 72.1 Å². The first-order chi connectivity index (χ1) is 15.2. The average molecular weight is 408 g/mol. The van der Waals surface area contributed by atoms with Crippen LogP contribution in [0.2, 0.25) is 0 Å². The Bertz CT molecular complexity index is 1040. The Morgan fingerprint density at radius 2 is 1.71 bits per heavy atom. The first-order valence-electron chi connectivity index (χ1n) is 11.9. The molecular weight excluding hydrogens is 374 g/mol. The molecule has 1 aliphatic heterocycles. The first-order valence-corrected chi connectivity index (χ1v) is 11.9.